The molecule has 2 aromatic heterocycles. The molecule has 4 heterocycles. The number of fused-ring (bicyclic) bond motifs is 5. The third kappa shape index (κ3) is 7.76. The van der Waals surface area contributed by atoms with Crippen LogP contribution in [-0.2, 0) is 53.9 Å². The first-order chi connectivity index (χ1) is 24.2. The zero-order chi connectivity index (χ0) is 38.9. The lowest BCUT2D eigenvalue weighted by molar-refractivity contribution is -0.192. The second-order valence-electron chi connectivity index (χ2n) is 12.9. The molecule has 5 rings (SSSR count). The number of nitrogens with two attached hydrogens (primary N) is 2. The van der Waals surface area contributed by atoms with Crippen LogP contribution in [-0.4, -0.2) is 68.2 Å². The third-order valence-corrected chi connectivity index (χ3v) is 8.94. The Morgan fingerprint density at radius 2 is 1.79 bits per heavy atom. The molecular formula is C34H38F3N5O10. The molecular weight excluding hydrogens is 695 g/mol. The van der Waals surface area contributed by atoms with E-state index >= 15 is 0 Å². The summed E-state index contributed by atoms with van der Waals surface area (Å²) in [6.45, 7) is 7.23. The van der Waals surface area contributed by atoms with Gasteiger partial charge >= 0.3 is 24.1 Å². The summed E-state index contributed by atoms with van der Waals surface area (Å²) < 4.78 is 44.3. The van der Waals surface area contributed by atoms with Crippen molar-refractivity contribution >= 4 is 40.6 Å². The number of hydrogen-bond donors (Lipinski definition) is 5. The highest BCUT2D eigenvalue weighted by atomic mass is 19.4. The van der Waals surface area contributed by atoms with E-state index < -0.39 is 53.0 Å². The molecule has 2 amide bonds. The lowest BCUT2D eigenvalue weighted by Crippen LogP contribution is -2.44. The molecule has 1 unspecified atom stereocenters. The largest absolute Gasteiger partial charge is 0.490 e. The number of aliphatic hydroxyl groups is 1. The van der Waals surface area contributed by atoms with Crippen LogP contribution in [0.15, 0.2) is 29.1 Å². The number of aryl methyl sites for hydroxylation is 1. The van der Waals surface area contributed by atoms with Crippen molar-refractivity contribution in [3.63, 3.8) is 0 Å². The Hall–Kier alpha value is -5.36. The van der Waals surface area contributed by atoms with Crippen molar-refractivity contribution in [2.45, 2.75) is 84.3 Å². The van der Waals surface area contributed by atoms with Crippen molar-refractivity contribution in [1.82, 2.24) is 14.9 Å². The molecule has 18 heteroatoms. The number of aromatic nitrogens is 2. The molecule has 0 aliphatic carbocycles. The van der Waals surface area contributed by atoms with Gasteiger partial charge < -0.3 is 41.0 Å². The molecule has 7 N–H and O–H groups in total. The van der Waals surface area contributed by atoms with E-state index in [2.05, 4.69) is 5.32 Å². The normalized spacial score (nSPS) is 16.8. The van der Waals surface area contributed by atoms with Gasteiger partial charge in [-0.05, 0) is 62.9 Å². The molecule has 0 saturated heterocycles. The van der Waals surface area contributed by atoms with E-state index in [0.717, 1.165) is 16.5 Å². The number of halogens is 3. The fraction of sp³-hybridized carbons (Fsp3) is 0.441. The lowest BCUT2D eigenvalue weighted by atomic mass is 9.86. The van der Waals surface area contributed by atoms with Gasteiger partial charge in [-0.25, -0.2) is 14.6 Å². The van der Waals surface area contributed by atoms with E-state index in [1.165, 1.54) is 0 Å². The molecule has 0 fully saturated rings. The second-order valence-corrected chi connectivity index (χ2v) is 12.9. The van der Waals surface area contributed by atoms with E-state index in [-0.39, 0.29) is 55.6 Å². The average Bonchev–Trinajstić information content (AvgIpc) is 3.43. The second kappa shape index (κ2) is 14.7. The Bertz CT molecular complexity index is 2030. The third-order valence-electron chi connectivity index (χ3n) is 8.94. The molecule has 3 aromatic rings. The van der Waals surface area contributed by atoms with Crippen molar-refractivity contribution in [3.05, 3.63) is 56.9 Å². The van der Waals surface area contributed by atoms with Crippen LogP contribution in [0.1, 0.15) is 69.2 Å². The van der Waals surface area contributed by atoms with Crippen LogP contribution in [0.4, 0.5) is 13.2 Å². The molecule has 2 aliphatic rings. The molecule has 0 radical (unpaired) electrons. The fourth-order valence-corrected chi connectivity index (χ4v) is 5.89. The van der Waals surface area contributed by atoms with Gasteiger partial charge in [0, 0.05) is 23.1 Å². The van der Waals surface area contributed by atoms with Crippen molar-refractivity contribution in [2.75, 3.05) is 6.54 Å². The number of cyclic esters (lactones) is 1. The highest BCUT2D eigenvalue weighted by molar-refractivity contribution is 5.91. The number of aliphatic carboxylic acids is 1. The number of pyridine rings is 2. The van der Waals surface area contributed by atoms with Crippen LogP contribution < -0.4 is 27.1 Å². The first-order valence-electron chi connectivity index (χ1n) is 16.1. The summed E-state index contributed by atoms with van der Waals surface area (Å²) in [5.74, 6) is -4.94. The summed E-state index contributed by atoms with van der Waals surface area (Å²) in [6.07, 6.45) is -4.45. The minimum atomic E-state index is -5.08. The summed E-state index contributed by atoms with van der Waals surface area (Å²) in [5, 5.41) is 21.6. The molecule has 0 saturated carbocycles. The Labute approximate surface area is 294 Å². The van der Waals surface area contributed by atoms with Gasteiger partial charge in [-0.3, -0.25) is 19.2 Å². The molecule has 1 aromatic carbocycles. The maximum atomic E-state index is 13.6. The maximum absolute atomic E-state index is 13.6. The highest BCUT2D eigenvalue weighted by Crippen LogP contribution is 2.41. The Morgan fingerprint density at radius 1 is 1.13 bits per heavy atom. The number of benzene rings is 1. The standard InChI is InChI=1S/C32H37N5O8.C2HF3O2/c1-5-17-18-11-16(45-29(41)31(3,4)9-10-35-27(39)22(33)13-25(34)38)7-8-23(18)36-26-19(17)14-37-24(26)12-21-20(28(37)40)15-44-30(42)32(21,43)6-2;3-2(4,5)1(6)7/h7-8,11-12,22,43H,5-6,9-10,13-15,33H2,1-4H3,(H2,34,38)(H,35,39);(H,6,7)/t22?,32-;/m0./s1. The van der Waals surface area contributed by atoms with Gasteiger partial charge in [-0.2, -0.15) is 13.2 Å². The quantitative estimate of drug-likeness (QED) is 0.116. The number of nitrogens with zero attached hydrogens (tertiary/aromatic N) is 2. The number of amides is 2. The van der Waals surface area contributed by atoms with Crippen LogP contribution in [0.25, 0.3) is 22.3 Å². The number of rotatable bonds is 10. The number of ether oxygens (including phenoxy) is 2. The summed E-state index contributed by atoms with van der Waals surface area (Å²) in [7, 11) is 0. The molecule has 52 heavy (non-hydrogen) atoms. The molecule has 280 valence electrons. The zero-order valence-electron chi connectivity index (χ0n) is 28.7. The van der Waals surface area contributed by atoms with E-state index in [0.29, 0.717) is 29.1 Å². The summed E-state index contributed by atoms with van der Waals surface area (Å²) >= 11 is 0. The topological polar surface area (TPSA) is 243 Å². The van der Waals surface area contributed by atoms with E-state index in [1.807, 2.05) is 6.92 Å². The predicted octanol–water partition coefficient (Wildman–Crippen LogP) is 1.92. The van der Waals surface area contributed by atoms with Crippen molar-refractivity contribution < 1.29 is 56.8 Å². The van der Waals surface area contributed by atoms with Crippen molar-refractivity contribution in [1.29, 1.82) is 0 Å². The smallest absolute Gasteiger partial charge is 0.475 e. The SMILES string of the molecule is CCc1c2c(nc3ccc(OC(=O)C(C)(C)CCNC(=O)C(N)CC(N)=O)cc13)-c1cc3c(c(=O)n1C2)COC(=O)[C@]3(O)CC.O=C(O)C(F)(F)F. The van der Waals surface area contributed by atoms with Gasteiger partial charge in [-0.1, -0.05) is 13.8 Å². The minimum absolute atomic E-state index is 0.0536. The number of carboxylic acids is 1. The first kappa shape index (κ1) is 39.4. The van der Waals surface area contributed by atoms with Gasteiger partial charge in [0.1, 0.15) is 12.4 Å². The number of alkyl halides is 3. The first-order valence-corrected chi connectivity index (χ1v) is 16.1. The van der Waals surface area contributed by atoms with E-state index in [9.17, 15) is 42.3 Å². The predicted molar refractivity (Wildman–Crippen MR) is 176 cm³/mol. The molecule has 0 bridgehead atoms. The van der Waals surface area contributed by atoms with E-state index in [4.69, 9.17) is 35.8 Å². The van der Waals surface area contributed by atoms with Gasteiger partial charge in [0.15, 0.2) is 5.60 Å². The fourth-order valence-electron chi connectivity index (χ4n) is 5.89. The average molecular weight is 734 g/mol. The Kier molecular flexibility index (Phi) is 11.2. The number of primary amides is 1. The number of hydrogen-bond acceptors (Lipinski definition) is 11. The van der Waals surface area contributed by atoms with Crippen LogP contribution in [0.3, 0.4) is 0 Å². The van der Waals surface area contributed by atoms with Gasteiger partial charge in [-0.15, -0.1) is 0 Å². The van der Waals surface area contributed by atoms with Crippen LogP contribution >= 0.6 is 0 Å². The van der Waals surface area contributed by atoms with Gasteiger partial charge in [0.25, 0.3) is 5.56 Å². The number of nitrogens with one attached hydrogen (secondary N) is 1. The monoisotopic (exact) mass is 733 g/mol. The van der Waals surface area contributed by atoms with Crippen LogP contribution in [0.5, 0.6) is 5.75 Å². The number of esters is 2. The number of carbonyl (C=O) groups is 5. The van der Waals surface area contributed by atoms with Crippen LogP contribution in [0, 0.1) is 5.41 Å². The lowest BCUT2D eigenvalue weighted by Gasteiger charge is -2.31. The highest BCUT2D eigenvalue weighted by Gasteiger charge is 2.45. The summed E-state index contributed by atoms with van der Waals surface area (Å²) in [4.78, 5) is 76.1. The van der Waals surface area contributed by atoms with Crippen LogP contribution in [0.2, 0.25) is 0 Å². The van der Waals surface area contributed by atoms with E-state index in [1.54, 1.807) is 49.6 Å². The van der Waals surface area contributed by atoms with Crippen molar-refractivity contribution in [2.24, 2.45) is 16.9 Å². The molecule has 15 nitrogen and oxygen atoms in total. The van der Waals surface area contributed by atoms with Gasteiger partial charge in [0.2, 0.25) is 11.8 Å². The van der Waals surface area contributed by atoms with Crippen molar-refractivity contribution in [3.8, 4) is 17.1 Å². The Morgan fingerprint density at radius 3 is 2.37 bits per heavy atom. The summed E-state index contributed by atoms with van der Waals surface area (Å²) in [5.41, 5.74) is 11.6. The molecule has 2 aliphatic heterocycles. The zero-order valence-corrected chi connectivity index (χ0v) is 28.7. The van der Waals surface area contributed by atoms with Gasteiger partial charge in [0.05, 0.1) is 46.9 Å². The molecule has 2 atom stereocenters. The number of carboxylic acid groups (broad SMARTS) is 1. The molecule has 0 spiro atoms. The summed E-state index contributed by atoms with van der Waals surface area (Å²) in [6, 6.07) is 5.74. The maximum Gasteiger partial charge on any atom is 0.490 e. The number of carbonyl (C=O) groups excluding carboxylic acids is 4. The minimum Gasteiger partial charge on any atom is -0.475 e. The Balaban J connectivity index is 0.000000785.